The number of para-hydroxylation sites is 1. The fourth-order valence-electron chi connectivity index (χ4n) is 4.49. The average Bonchev–Trinajstić information content (AvgIpc) is 3.06. The van der Waals surface area contributed by atoms with Gasteiger partial charge in [0.15, 0.2) is 5.76 Å². The highest BCUT2D eigenvalue weighted by Crippen LogP contribution is 2.27. The summed E-state index contributed by atoms with van der Waals surface area (Å²) in [5.74, 6) is 0.121. The van der Waals surface area contributed by atoms with Crippen LogP contribution >= 0.6 is 0 Å². The van der Waals surface area contributed by atoms with Crippen molar-refractivity contribution in [2.45, 2.75) is 25.2 Å². The van der Waals surface area contributed by atoms with Crippen molar-refractivity contribution in [3.8, 4) is 11.3 Å². The van der Waals surface area contributed by atoms with Gasteiger partial charge in [-0.25, -0.2) is 13.4 Å². The molecule has 5 rings (SSSR count). The van der Waals surface area contributed by atoms with Crippen molar-refractivity contribution >= 4 is 26.8 Å². The maximum absolute atomic E-state index is 13.7. The topological polar surface area (TPSA) is 110 Å². The summed E-state index contributed by atoms with van der Waals surface area (Å²) in [4.78, 5) is 24.5. The lowest BCUT2D eigenvalue weighted by Crippen LogP contribution is -2.37. The van der Waals surface area contributed by atoms with Crippen LogP contribution in [0.2, 0.25) is 0 Å². The van der Waals surface area contributed by atoms with Gasteiger partial charge in [-0.05, 0) is 44.5 Å². The predicted molar refractivity (Wildman–Crippen MR) is 130 cm³/mol. The molecule has 0 atom stereocenters. The Bertz CT molecular complexity index is 1480. The molecule has 0 bridgehead atoms. The Kier molecular flexibility index (Phi) is 6.08. The lowest BCUT2D eigenvalue weighted by Gasteiger charge is -2.22. The molecule has 35 heavy (non-hydrogen) atoms. The number of rotatable bonds is 4. The summed E-state index contributed by atoms with van der Waals surface area (Å²) in [6.45, 7) is 4.44. The van der Waals surface area contributed by atoms with E-state index in [1.54, 1.807) is 37.2 Å². The molecule has 0 saturated carbocycles. The van der Waals surface area contributed by atoms with Gasteiger partial charge in [0, 0.05) is 49.5 Å². The van der Waals surface area contributed by atoms with Gasteiger partial charge in [0.05, 0.1) is 16.8 Å². The third-order valence-electron chi connectivity index (χ3n) is 6.21. The second-order valence-electron chi connectivity index (χ2n) is 8.52. The molecule has 1 amide bonds. The molecule has 1 aliphatic heterocycles. The van der Waals surface area contributed by atoms with Crippen molar-refractivity contribution in [1.29, 1.82) is 0 Å². The van der Waals surface area contributed by atoms with Crippen LogP contribution in [0.25, 0.3) is 22.2 Å². The highest BCUT2D eigenvalue weighted by Gasteiger charge is 2.33. The molecule has 10 heteroatoms. The number of hydrogen-bond donors (Lipinski definition) is 0. The summed E-state index contributed by atoms with van der Waals surface area (Å²) in [5, 5.41) is 4.55. The Hall–Kier alpha value is -3.63. The van der Waals surface area contributed by atoms with E-state index in [1.807, 2.05) is 36.4 Å². The fourth-order valence-corrected chi connectivity index (χ4v) is 6.25. The van der Waals surface area contributed by atoms with E-state index in [2.05, 4.69) is 10.1 Å². The van der Waals surface area contributed by atoms with Crippen LogP contribution in [0, 0.1) is 13.8 Å². The van der Waals surface area contributed by atoms with Gasteiger partial charge >= 0.3 is 0 Å². The number of aromatic nitrogens is 3. The zero-order valence-corrected chi connectivity index (χ0v) is 20.3. The first kappa shape index (κ1) is 23.1. The Balaban J connectivity index is 1.45. The fraction of sp³-hybridized carbons (Fsp3) is 0.280. The standard InChI is InChI=1S/C25H25N5O4S/c1-17-24(18(2)34-28-17)35(32,33)30-12-6-11-29(13-14-30)25(31)21-15-23(19-7-5-10-26-16-19)27-22-9-4-3-8-20(21)22/h3-5,7-10,15-16H,6,11-14H2,1-2H3. The predicted octanol–water partition coefficient (Wildman–Crippen LogP) is 3.44. The molecule has 1 saturated heterocycles. The van der Waals surface area contributed by atoms with Crippen LogP contribution in [0.5, 0.6) is 0 Å². The van der Waals surface area contributed by atoms with Crippen molar-refractivity contribution in [2.24, 2.45) is 0 Å². The molecular formula is C25H25N5O4S. The monoisotopic (exact) mass is 491 g/mol. The van der Waals surface area contributed by atoms with Gasteiger partial charge in [0.25, 0.3) is 5.91 Å². The number of benzene rings is 1. The van der Waals surface area contributed by atoms with Gasteiger partial charge in [0.2, 0.25) is 10.0 Å². The maximum Gasteiger partial charge on any atom is 0.254 e. The molecule has 0 aliphatic carbocycles. The molecule has 4 heterocycles. The number of fused-ring (bicyclic) bond motifs is 1. The normalized spacial score (nSPS) is 15.3. The zero-order valence-electron chi connectivity index (χ0n) is 19.5. The highest BCUT2D eigenvalue weighted by molar-refractivity contribution is 7.89. The van der Waals surface area contributed by atoms with E-state index in [9.17, 15) is 13.2 Å². The average molecular weight is 492 g/mol. The summed E-state index contributed by atoms with van der Waals surface area (Å²) in [6.07, 6.45) is 3.93. The number of carbonyl (C=O) groups excluding carboxylic acids is 1. The number of aryl methyl sites for hydroxylation is 2. The molecule has 0 unspecified atom stereocenters. The maximum atomic E-state index is 13.7. The van der Waals surface area contributed by atoms with E-state index in [1.165, 1.54) is 4.31 Å². The van der Waals surface area contributed by atoms with Gasteiger partial charge in [-0.2, -0.15) is 4.31 Å². The van der Waals surface area contributed by atoms with Crippen molar-refractivity contribution in [3.05, 3.63) is 71.9 Å². The van der Waals surface area contributed by atoms with Crippen molar-refractivity contribution in [2.75, 3.05) is 26.2 Å². The quantitative estimate of drug-likeness (QED) is 0.430. The molecule has 180 valence electrons. The molecule has 4 aromatic rings. The third-order valence-corrected chi connectivity index (χ3v) is 8.36. The second kappa shape index (κ2) is 9.20. The van der Waals surface area contributed by atoms with Gasteiger partial charge in [-0.3, -0.25) is 9.78 Å². The molecule has 3 aromatic heterocycles. The lowest BCUT2D eigenvalue weighted by atomic mass is 10.0. The van der Waals surface area contributed by atoms with E-state index in [4.69, 9.17) is 9.51 Å². The molecular weight excluding hydrogens is 466 g/mol. The van der Waals surface area contributed by atoms with E-state index in [0.29, 0.717) is 36.5 Å². The minimum absolute atomic E-state index is 0.110. The summed E-state index contributed by atoms with van der Waals surface area (Å²) in [6, 6.07) is 13.1. The molecule has 1 fully saturated rings. The zero-order chi connectivity index (χ0) is 24.6. The van der Waals surface area contributed by atoms with Crippen LogP contribution in [0.4, 0.5) is 0 Å². The number of carbonyl (C=O) groups is 1. The Morgan fingerprint density at radius 3 is 2.60 bits per heavy atom. The van der Waals surface area contributed by atoms with Gasteiger partial charge in [0.1, 0.15) is 10.6 Å². The van der Waals surface area contributed by atoms with E-state index >= 15 is 0 Å². The van der Waals surface area contributed by atoms with Crippen LogP contribution in [0.15, 0.2) is 64.3 Å². The Morgan fingerprint density at radius 1 is 1.03 bits per heavy atom. The molecule has 0 spiro atoms. The van der Waals surface area contributed by atoms with Gasteiger partial charge < -0.3 is 9.42 Å². The smallest absolute Gasteiger partial charge is 0.254 e. The van der Waals surface area contributed by atoms with Crippen LogP contribution in [0.3, 0.4) is 0 Å². The molecule has 1 aliphatic rings. The highest BCUT2D eigenvalue weighted by atomic mass is 32.2. The van der Waals surface area contributed by atoms with Crippen molar-refractivity contribution < 1.29 is 17.7 Å². The lowest BCUT2D eigenvalue weighted by molar-refractivity contribution is 0.0766. The number of pyridine rings is 2. The number of hydrogen-bond acceptors (Lipinski definition) is 7. The summed E-state index contributed by atoms with van der Waals surface area (Å²) >= 11 is 0. The summed E-state index contributed by atoms with van der Waals surface area (Å²) in [7, 11) is -3.77. The van der Waals surface area contributed by atoms with E-state index in [0.717, 1.165) is 16.5 Å². The second-order valence-corrected chi connectivity index (χ2v) is 10.4. The minimum atomic E-state index is -3.77. The first-order valence-corrected chi connectivity index (χ1v) is 12.8. The Labute approximate surface area is 203 Å². The molecule has 0 radical (unpaired) electrons. The van der Waals surface area contributed by atoms with Crippen LogP contribution in [-0.4, -0.2) is 64.8 Å². The third kappa shape index (κ3) is 4.30. The largest absolute Gasteiger partial charge is 0.360 e. The minimum Gasteiger partial charge on any atom is -0.360 e. The number of nitrogens with zero attached hydrogens (tertiary/aromatic N) is 5. The SMILES string of the molecule is Cc1noc(C)c1S(=O)(=O)N1CCCN(C(=O)c2cc(-c3cccnc3)nc3ccccc23)CC1. The summed E-state index contributed by atoms with van der Waals surface area (Å²) < 4.78 is 33.0. The molecule has 1 aromatic carbocycles. The van der Waals surface area contributed by atoms with Crippen LogP contribution in [0.1, 0.15) is 28.2 Å². The molecule has 9 nitrogen and oxygen atoms in total. The number of sulfonamides is 1. The van der Waals surface area contributed by atoms with Crippen molar-refractivity contribution in [3.63, 3.8) is 0 Å². The first-order chi connectivity index (χ1) is 16.9. The summed E-state index contributed by atoms with van der Waals surface area (Å²) in [5.41, 5.74) is 3.08. The van der Waals surface area contributed by atoms with Crippen molar-refractivity contribution in [1.82, 2.24) is 24.3 Å². The van der Waals surface area contributed by atoms with Crippen LogP contribution < -0.4 is 0 Å². The van der Waals surface area contributed by atoms with Gasteiger partial charge in [-0.15, -0.1) is 0 Å². The van der Waals surface area contributed by atoms with Crippen LogP contribution in [-0.2, 0) is 10.0 Å². The Morgan fingerprint density at radius 2 is 1.86 bits per heavy atom. The molecule has 0 N–H and O–H groups in total. The van der Waals surface area contributed by atoms with E-state index in [-0.39, 0.29) is 29.7 Å². The first-order valence-electron chi connectivity index (χ1n) is 11.4. The van der Waals surface area contributed by atoms with Gasteiger partial charge in [-0.1, -0.05) is 23.4 Å². The number of amides is 1. The van der Waals surface area contributed by atoms with E-state index < -0.39 is 10.0 Å².